The van der Waals surface area contributed by atoms with E-state index in [0.29, 0.717) is 12.3 Å². The van der Waals surface area contributed by atoms with Crippen LogP contribution in [0.4, 0.5) is 0 Å². The van der Waals surface area contributed by atoms with Crippen LogP contribution in [0.1, 0.15) is 37.3 Å². The average molecular weight is 235 g/mol. The molecule has 1 aliphatic carbocycles. The van der Waals surface area contributed by atoms with Crippen molar-refractivity contribution in [3.05, 3.63) is 23.3 Å². The van der Waals surface area contributed by atoms with Crippen LogP contribution in [0.15, 0.2) is 12.1 Å². The summed E-state index contributed by atoms with van der Waals surface area (Å²) in [6.45, 7) is 2.70. The van der Waals surface area contributed by atoms with Crippen molar-refractivity contribution in [2.24, 2.45) is 5.73 Å². The van der Waals surface area contributed by atoms with Gasteiger partial charge in [0.15, 0.2) is 11.5 Å². The van der Waals surface area contributed by atoms with Crippen LogP contribution < -0.4 is 10.5 Å². The molecule has 17 heavy (non-hydrogen) atoms. The van der Waals surface area contributed by atoms with Crippen LogP contribution in [0.25, 0.3) is 0 Å². The Morgan fingerprint density at radius 1 is 1.41 bits per heavy atom. The molecule has 0 heterocycles. The first-order valence-electron chi connectivity index (χ1n) is 6.28. The predicted molar refractivity (Wildman–Crippen MR) is 68.6 cm³/mol. The fraction of sp³-hybridized carbons (Fsp3) is 0.571. The van der Waals surface area contributed by atoms with Gasteiger partial charge in [-0.05, 0) is 30.9 Å². The maximum atomic E-state index is 10.4. The highest BCUT2D eigenvalue weighted by Gasteiger charge is 2.41. The van der Waals surface area contributed by atoms with Crippen LogP contribution in [0.3, 0.4) is 0 Å². The molecule has 3 nitrogen and oxygen atoms in total. The molecule has 0 atom stereocenters. The zero-order valence-corrected chi connectivity index (χ0v) is 10.6. The maximum absolute atomic E-state index is 10.4. The molecular formula is C14H21NO2. The van der Waals surface area contributed by atoms with E-state index in [-0.39, 0.29) is 11.2 Å². The molecule has 0 aromatic heterocycles. The van der Waals surface area contributed by atoms with E-state index in [1.54, 1.807) is 7.11 Å². The molecule has 2 rings (SSSR count). The highest BCUT2D eigenvalue weighted by Crippen LogP contribution is 2.50. The summed E-state index contributed by atoms with van der Waals surface area (Å²) < 4.78 is 5.20. The topological polar surface area (TPSA) is 55.5 Å². The Hall–Kier alpha value is -1.22. The Labute approximate surface area is 103 Å². The molecule has 3 heteroatoms. The first-order valence-corrected chi connectivity index (χ1v) is 6.28. The number of hydrogen-bond donors (Lipinski definition) is 2. The number of aromatic hydroxyl groups is 1. The smallest absolute Gasteiger partial charge is 0.161 e. The van der Waals surface area contributed by atoms with Crippen LogP contribution >= 0.6 is 0 Å². The van der Waals surface area contributed by atoms with Crippen LogP contribution in [-0.4, -0.2) is 18.8 Å². The molecule has 3 N–H and O–H groups in total. The first kappa shape index (κ1) is 12.2. The van der Waals surface area contributed by atoms with Gasteiger partial charge in [0, 0.05) is 17.5 Å². The number of methoxy groups -OCH3 is 1. The fourth-order valence-corrected chi connectivity index (χ4v) is 2.82. The zero-order chi connectivity index (χ0) is 12.5. The zero-order valence-electron chi connectivity index (χ0n) is 10.6. The lowest BCUT2D eigenvalue weighted by Crippen LogP contribution is -2.42. The largest absolute Gasteiger partial charge is 0.504 e. The van der Waals surface area contributed by atoms with Gasteiger partial charge in [-0.2, -0.15) is 0 Å². The Bertz CT molecular complexity index is 405. The monoisotopic (exact) mass is 235 g/mol. The molecule has 94 valence electrons. The molecular weight excluding hydrogens is 214 g/mol. The standard InChI is InChI=1S/C14H21NO2/c1-3-10-5-6-11(17-2)13(16)12(10)14(9-15)7-4-8-14/h5-6,16H,3-4,7-9,15H2,1-2H3. The van der Waals surface area contributed by atoms with Crippen LogP contribution in [0.5, 0.6) is 11.5 Å². The van der Waals surface area contributed by atoms with Crippen molar-refractivity contribution < 1.29 is 9.84 Å². The summed E-state index contributed by atoms with van der Waals surface area (Å²) in [5, 5.41) is 10.4. The quantitative estimate of drug-likeness (QED) is 0.842. The second-order valence-corrected chi connectivity index (χ2v) is 4.84. The van der Waals surface area contributed by atoms with Crippen molar-refractivity contribution in [1.29, 1.82) is 0 Å². The number of rotatable bonds is 4. The van der Waals surface area contributed by atoms with Crippen molar-refractivity contribution in [3.63, 3.8) is 0 Å². The van der Waals surface area contributed by atoms with Gasteiger partial charge >= 0.3 is 0 Å². The van der Waals surface area contributed by atoms with Gasteiger partial charge < -0.3 is 15.6 Å². The third-order valence-corrected chi connectivity index (χ3v) is 4.06. The highest BCUT2D eigenvalue weighted by molar-refractivity contribution is 5.54. The van der Waals surface area contributed by atoms with Crippen molar-refractivity contribution in [3.8, 4) is 11.5 Å². The normalized spacial score (nSPS) is 17.6. The molecule has 1 fully saturated rings. The van der Waals surface area contributed by atoms with Gasteiger partial charge in [-0.3, -0.25) is 0 Å². The van der Waals surface area contributed by atoms with Crippen molar-refractivity contribution >= 4 is 0 Å². The van der Waals surface area contributed by atoms with Crippen molar-refractivity contribution in [2.45, 2.75) is 38.0 Å². The van der Waals surface area contributed by atoms with Crippen molar-refractivity contribution in [2.75, 3.05) is 13.7 Å². The second-order valence-electron chi connectivity index (χ2n) is 4.84. The number of benzene rings is 1. The molecule has 0 spiro atoms. The predicted octanol–water partition coefficient (Wildman–Crippen LogP) is 2.34. The third kappa shape index (κ3) is 1.78. The van der Waals surface area contributed by atoms with Gasteiger partial charge in [0.2, 0.25) is 0 Å². The molecule has 1 aliphatic rings. The minimum Gasteiger partial charge on any atom is -0.504 e. The lowest BCUT2D eigenvalue weighted by molar-refractivity contribution is 0.240. The Morgan fingerprint density at radius 3 is 2.53 bits per heavy atom. The van der Waals surface area contributed by atoms with E-state index in [1.807, 2.05) is 12.1 Å². The molecule has 1 aromatic carbocycles. The van der Waals surface area contributed by atoms with E-state index in [4.69, 9.17) is 10.5 Å². The van der Waals surface area contributed by atoms with E-state index < -0.39 is 0 Å². The van der Waals surface area contributed by atoms with E-state index in [9.17, 15) is 5.11 Å². The third-order valence-electron chi connectivity index (χ3n) is 4.06. The molecule has 1 aromatic rings. The van der Waals surface area contributed by atoms with Crippen LogP contribution in [0.2, 0.25) is 0 Å². The Kier molecular flexibility index (Phi) is 3.29. The number of aryl methyl sites for hydroxylation is 1. The summed E-state index contributed by atoms with van der Waals surface area (Å²) in [5.41, 5.74) is 8.12. The number of nitrogens with two attached hydrogens (primary N) is 1. The molecule has 1 saturated carbocycles. The maximum Gasteiger partial charge on any atom is 0.161 e. The molecule has 0 bridgehead atoms. The minimum absolute atomic E-state index is 0.0238. The molecule has 0 radical (unpaired) electrons. The van der Waals surface area contributed by atoms with Crippen LogP contribution in [0, 0.1) is 0 Å². The lowest BCUT2D eigenvalue weighted by Gasteiger charge is -2.43. The fourth-order valence-electron chi connectivity index (χ4n) is 2.82. The SMILES string of the molecule is CCc1ccc(OC)c(O)c1C1(CN)CCC1. The van der Waals surface area contributed by atoms with Gasteiger partial charge in [0.25, 0.3) is 0 Å². The summed E-state index contributed by atoms with van der Waals surface area (Å²) in [6.07, 6.45) is 4.24. The molecule has 0 saturated heterocycles. The van der Waals surface area contributed by atoms with Gasteiger partial charge in [-0.15, -0.1) is 0 Å². The number of phenols is 1. The van der Waals surface area contributed by atoms with E-state index in [1.165, 1.54) is 12.0 Å². The van der Waals surface area contributed by atoms with Gasteiger partial charge in [-0.1, -0.05) is 19.4 Å². The summed E-state index contributed by atoms with van der Waals surface area (Å²) in [5.74, 6) is 0.842. The van der Waals surface area contributed by atoms with E-state index in [0.717, 1.165) is 24.8 Å². The van der Waals surface area contributed by atoms with E-state index >= 15 is 0 Å². The molecule has 0 amide bonds. The number of phenolic OH excluding ortho intramolecular Hbond substituents is 1. The Balaban J connectivity index is 2.56. The summed E-state index contributed by atoms with van der Waals surface area (Å²) in [4.78, 5) is 0. The second kappa shape index (κ2) is 4.57. The van der Waals surface area contributed by atoms with E-state index in [2.05, 4.69) is 6.92 Å². The lowest BCUT2D eigenvalue weighted by atomic mass is 9.63. The Morgan fingerprint density at radius 2 is 2.12 bits per heavy atom. The van der Waals surface area contributed by atoms with Crippen LogP contribution in [-0.2, 0) is 11.8 Å². The number of hydrogen-bond acceptors (Lipinski definition) is 3. The average Bonchev–Trinajstić information content (AvgIpc) is 2.30. The first-order chi connectivity index (χ1) is 8.18. The molecule has 0 aliphatic heterocycles. The summed E-state index contributed by atoms with van der Waals surface area (Å²) >= 11 is 0. The van der Waals surface area contributed by atoms with Gasteiger partial charge in [-0.25, -0.2) is 0 Å². The summed E-state index contributed by atoms with van der Waals surface area (Å²) in [6, 6.07) is 3.88. The minimum atomic E-state index is -0.0238. The van der Waals surface area contributed by atoms with Gasteiger partial charge in [0.1, 0.15) is 0 Å². The van der Waals surface area contributed by atoms with Gasteiger partial charge in [0.05, 0.1) is 7.11 Å². The van der Waals surface area contributed by atoms with Crippen molar-refractivity contribution in [1.82, 2.24) is 0 Å². The summed E-state index contributed by atoms with van der Waals surface area (Å²) in [7, 11) is 1.58. The highest BCUT2D eigenvalue weighted by atomic mass is 16.5. The molecule has 0 unspecified atom stereocenters. The number of ether oxygens (including phenoxy) is 1.